The average molecular weight is 458 g/mol. The molecule has 1 atom stereocenters. The van der Waals surface area contributed by atoms with Gasteiger partial charge in [0, 0.05) is 12.0 Å². The molecule has 0 aliphatic heterocycles. The molecule has 9 heteroatoms. The van der Waals surface area contributed by atoms with Gasteiger partial charge in [-0.15, -0.1) is 5.10 Å². The minimum absolute atomic E-state index is 0.236. The second kappa shape index (κ2) is 10.9. The standard InChI is InChI=1S/C24H23BN4O3S/c30-24(26-23(25(31)32)14-19-11-12-33-17-19)20(13-18-7-3-1-4-8-18)15-21-16-29(28-27-21)22-9-5-2-6-10-22/h1-13,16-17,23,31-32H,14-15H2,(H,26,30)/b20-13-/t23-/m0/s1. The van der Waals surface area contributed by atoms with Gasteiger partial charge in [0.2, 0.25) is 5.91 Å². The van der Waals surface area contributed by atoms with Crippen molar-refractivity contribution in [3.8, 4) is 5.69 Å². The number of nitrogens with one attached hydrogen (secondary N) is 1. The molecule has 0 aliphatic rings. The van der Waals surface area contributed by atoms with Crippen LogP contribution in [0.25, 0.3) is 11.8 Å². The number of carbonyl (C=O) groups is 1. The van der Waals surface area contributed by atoms with Gasteiger partial charge in [-0.2, -0.15) is 11.3 Å². The Kier molecular flexibility index (Phi) is 7.46. The molecule has 0 bridgehead atoms. The molecule has 4 aromatic rings. The number of rotatable bonds is 9. The van der Waals surface area contributed by atoms with Crippen molar-refractivity contribution in [2.45, 2.75) is 18.8 Å². The summed E-state index contributed by atoms with van der Waals surface area (Å²) in [6.07, 6.45) is 4.11. The molecular formula is C24H23BN4O3S. The average Bonchev–Trinajstić information content (AvgIpc) is 3.52. The van der Waals surface area contributed by atoms with Gasteiger partial charge >= 0.3 is 7.12 Å². The van der Waals surface area contributed by atoms with Gasteiger partial charge in [-0.3, -0.25) is 4.79 Å². The summed E-state index contributed by atoms with van der Waals surface area (Å²) in [7, 11) is -1.69. The van der Waals surface area contributed by atoms with Crippen LogP contribution in [0.5, 0.6) is 0 Å². The fourth-order valence-electron chi connectivity index (χ4n) is 3.38. The molecular weight excluding hydrogens is 435 g/mol. The number of para-hydroxylation sites is 1. The third-order valence-electron chi connectivity index (χ3n) is 5.08. The van der Waals surface area contributed by atoms with Crippen molar-refractivity contribution in [2.75, 3.05) is 0 Å². The third-order valence-corrected chi connectivity index (χ3v) is 5.81. The van der Waals surface area contributed by atoms with Crippen LogP contribution in [-0.4, -0.2) is 44.0 Å². The van der Waals surface area contributed by atoms with Crippen LogP contribution in [0.15, 0.2) is 89.3 Å². The van der Waals surface area contributed by atoms with E-state index in [0.29, 0.717) is 17.7 Å². The minimum atomic E-state index is -1.69. The lowest BCUT2D eigenvalue weighted by atomic mass is 9.76. The molecule has 3 N–H and O–H groups in total. The maximum atomic E-state index is 13.2. The number of nitrogens with zero attached hydrogens (tertiary/aromatic N) is 3. The lowest BCUT2D eigenvalue weighted by Gasteiger charge is -2.18. The van der Waals surface area contributed by atoms with Gasteiger partial charge in [0.05, 0.1) is 23.5 Å². The van der Waals surface area contributed by atoms with E-state index in [-0.39, 0.29) is 12.3 Å². The summed E-state index contributed by atoms with van der Waals surface area (Å²) >= 11 is 1.52. The van der Waals surface area contributed by atoms with Gasteiger partial charge in [-0.1, -0.05) is 53.7 Å². The number of hydrogen-bond acceptors (Lipinski definition) is 6. The summed E-state index contributed by atoms with van der Waals surface area (Å²) in [6, 6.07) is 21.0. The molecule has 0 spiro atoms. The van der Waals surface area contributed by atoms with Crippen molar-refractivity contribution in [3.05, 3.63) is 106 Å². The first kappa shape index (κ1) is 22.7. The van der Waals surface area contributed by atoms with Crippen molar-refractivity contribution in [1.82, 2.24) is 20.3 Å². The fourth-order valence-corrected chi connectivity index (χ4v) is 4.07. The van der Waals surface area contributed by atoms with Crippen LogP contribution >= 0.6 is 11.3 Å². The summed E-state index contributed by atoms with van der Waals surface area (Å²) < 4.78 is 1.66. The highest BCUT2D eigenvalue weighted by Crippen LogP contribution is 2.15. The molecule has 166 valence electrons. The van der Waals surface area contributed by atoms with Gasteiger partial charge in [0.1, 0.15) is 0 Å². The highest BCUT2D eigenvalue weighted by atomic mass is 32.1. The largest absolute Gasteiger partial charge is 0.475 e. The number of aromatic nitrogens is 3. The maximum Gasteiger partial charge on any atom is 0.475 e. The lowest BCUT2D eigenvalue weighted by Crippen LogP contribution is -2.48. The van der Waals surface area contributed by atoms with E-state index < -0.39 is 13.1 Å². The van der Waals surface area contributed by atoms with Crippen molar-refractivity contribution in [3.63, 3.8) is 0 Å². The molecule has 2 aromatic carbocycles. The first-order chi connectivity index (χ1) is 16.1. The van der Waals surface area contributed by atoms with Crippen molar-refractivity contribution in [2.24, 2.45) is 0 Å². The van der Waals surface area contributed by atoms with Crippen molar-refractivity contribution >= 4 is 30.4 Å². The fraction of sp³-hybridized carbons (Fsp3) is 0.125. The highest BCUT2D eigenvalue weighted by molar-refractivity contribution is 7.07. The van der Waals surface area contributed by atoms with Crippen LogP contribution in [-0.2, 0) is 17.6 Å². The van der Waals surface area contributed by atoms with Crippen LogP contribution in [0.4, 0.5) is 0 Å². The number of hydrogen-bond donors (Lipinski definition) is 3. The Balaban J connectivity index is 1.56. The topological polar surface area (TPSA) is 100 Å². The summed E-state index contributed by atoms with van der Waals surface area (Å²) in [4.78, 5) is 13.2. The van der Waals surface area contributed by atoms with E-state index in [4.69, 9.17) is 0 Å². The summed E-state index contributed by atoms with van der Waals surface area (Å²) in [5.41, 5.74) is 3.72. The third kappa shape index (κ3) is 6.26. The van der Waals surface area contributed by atoms with Crippen molar-refractivity contribution < 1.29 is 14.8 Å². The predicted octanol–water partition coefficient (Wildman–Crippen LogP) is 2.69. The van der Waals surface area contributed by atoms with Crippen LogP contribution in [0, 0.1) is 0 Å². The van der Waals surface area contributed by atoms with Gasteiger partial charge in [-0.05, 0) is 52.6 Å². The molecule has 0 saturated heterocycles. The van der Waals surface area contributed by atoms with Crippen molar-refractivity contribution in [1.29, 1.82) is 0 Å². The Morgan fingerprint density at radius 1 is 1.09 bits per heavy atom. The molecule has 2 heterocycles. The van der Waals surface area contributed by atoms with E-state index in [9.17, 15) is 14.8 Å². The Hall–Kier alpha value is -3.53. The van der Waals surface area contributed by atoms with Gasteiger partial charge in [0.15, 0.2) is 0 Å². The van der Waals surface area contributed by atoms with Crippen LogP contribution in [0.1, 0.15) is 16.8 Å². The van der Waals surface area contributed by atoms with Gasteiger partial charge in [0.25, 0.3) is 0 Å². The summed E-state index contributed by atoms with van der Waals surface area (Å²) in [6.45, 7) is 0. The first-order valence-corrected chi connectivity index (χ1v) is 11.4. The normalized spacial score (nSPS) is 12.4. The molecule has 7 nitrogen and oxygen atoms in total. The second-order valence-electron chi connectivity index (χ2n) is 7.58. The first-order valence-electron chi connectivity index (χ1n) is 10.5. The number of carbonyl (C=O) groups excluding carboxylic acids is 1. The Morgan fingerprint density at radius 2 is 1.82 bits per heavy atom. The highest BCUT2D eigenvalue weighted by Gasteiger charge is 2.27. The molecule has 0 radical (unpaired) electrons. The zero-order valence-corrected chi connectivity index (χ0v) is 18.6. The Morgan fingerprint density at radius 3 is 2.48 bits per heavy atom. The van der Waals surface area contributed by atoms with E-state index >= 15 is 0 Å². The lowest BCUT2D eigenvalue weighted by molar-refractivity contribution is -0.117. The summed E-state index contributed by atoms with van der Waals surface area (Å²) in [5, 5.41) is 34.7. The second-order valence-corrected chi connectivity index (χ2v) is 8.36. The van der Waals surface area contributed by atoms with Gasteiger partial charge in [-0.25, -0.2) is 4.68 Å². The Labute approximate surface area is 196 Å². The molecule has 4 rings (SSSR count). The van der Waals surface area contributed by atoms with E-state index in [1.54, 1.807) is 17.0 Å². The number of amides is 1. The molecule has 0 saturated carbocycles. The molecule has 2 aromatic heterocycles. The minimum Gasteiger partial charge on any atom is -0.426 e. The molecule has 0 aliphatic carbocycles. The zero-order valence-electron chi connectivity index (χ0n) is 17.8. The quantitative estimate of drug-likeness (QED) is 0.265. The molecule has 33 heavy (non-hydrogen) atoms. The number of benzene rings is 2. The van der Waals surface area contributed by atoms with Gasteiger partial charge < -0.3 is 15.4 Å². The van der Waals surface area contributed by atoms with Crippen LogP contribution < -0.4 is 5.32 Å². The van der Waals surface area contributed by atoms with Crippen LogP contribution in [0.3, 0.4) is 0 Å². The SMILES string of the molecule is O=C(N[C@@H](Cc1ccsc1)B(O)O)/C(=C\c1ccccc1)Cc1cn(-c2ccccc2)nn1. The molecule has 0 unspecified atom stereocenters. The molecule has 0 fully saturated rings. The Bertz CT molecular complexity index is 1190. The van der Waals surface area contributed by atoms with E-state index in [0.717, 1.165) is 16.8 Å². The summed E-state index contributed by atoms with van der Waals surface area (Å²) in [5.74, 6) is -1.23. The van der Waals surface area contributed by atoms with E-state index in [1.807, 2.05) is 77.5 Å². The molecule has 1 amide bonds. The monoisotopic (exact) mass is 458 g/mol. The van der Waals surface area contributed by atoms with E-state index in [1.165, 1.54) is 11.3 Å². The van der Waals surface area contributed by atoms with Crippen LogP contribution in [0.2, 0.25) is 0 Å². The number of thiophene rings is 1. The predicted molar refractivity (Wildman–Crippen MR) is 130 cm³/mol. The maximum absolute atomic E-state index is 13.2. The smallest absolute Gasteiger partial charge is 0.426 e. The zero-order chi connectivity index (χ0) is 23.0. The van der Waals surface area contributed by atoms with E-state index in [2.05, 4.69) is 15.6 Å².